The average molecular weight is 181 g/mol. The van der Waals surface area contributed by atoms with Gasteiger partial charge in [0.25, 0.3) is 0 Å². The molecule has 3 atom stereocenters. The summed E-state index contributed by atoms with van der Waals surface area (Å²) in [4.78, 5) is 0. The summed E-state index contributed by atoms with van der Waals surface area (Å²) >= 11 is 0. The molecular weight excluding hydrogens is 162 g/mol. The van der Waals surface area contributed by atoms with Crippen molar-refractivity contribution in [2.24, 2.45) is 0 Å². The summed E-state index contributed by atoms with van der Waals surface area (Å²) in [7, 11) is 0. The Labute approximate surface area is 81.0 Å². The highest BCUT2D eigenvalue weighted by molar-refractivity contribution is 4.97. The van der Waals surface area contributed by atoms with E-state index >= 15 is 0 Å². The van der Waals surface area contributed by atoms with E-state index in [1.54, 1.807) is 0 Å². The lowest BCUT2D eigenvalue weighted by atomic mass is 10.0. The maximum absolute atomic E-state index is 5.58. The Kier molecular flexibility index (Phi) is 4.27. The van der Waals surface area contributed by atoms with Crippen molar-refractivity contribution in [1.82, 2.24) is 5.32 Å². The Bertz CT molecular complexity index is 185. The van der Waals surface area contributed by atoms with Crippen LogP contribution in [0.15, 0.2) is 0 Å². The Morgan fingerprint density at radius 1 is 1.69 bits per heavy atom. The summed E-state index contributed by atoms with van der Waals surface area (Å²) in [6.07, 6.45) is 9.03. The lowest BCUT2D eigenvalue weighted by Crippen LogP contribution is -2.42. The van der Waals surface area contributed by atoms with E-state index in [1.807, 2.05) is 6.92 Å². The van der Waals surface area contributed by atoms with Gasteiger partial charge in [-0.15, -0.1) is 6.42 Å². The minimum absolute atomic E-state index is 0.181. The molecule has 74 valence electrons. The van der Waals surface area contributed by atoms with Crippen LogP contribution in [0.4, 0.5) is 0 Å². The van der Waals surface area contributed by atoms with Crippen LogP contribution in [0, 0.1) is 12.3 Å². The Balaban J connectivity index is 2.30. The van der Waals surface area contributed by atoms with Gasteiger partial charge in [0, 0.05) is 12.6 Å². The SMILES string of the molecule is C#CC(C)NC1CCOC(CC)C1. The highest BCUT2D eigenvalue weighted by atomic mass is 16.5. The normalized spacial score (nSPS) is 30.8. The first-order chi connectivity index (χ1) is 6.26. The van der Waals surface area contributed by atoms with E-state index in [4.69, 9.17) is 11.2 Å². The molecule has 3 unspecified atom stereocenters. The van der Waals surface area contributed by atoms with Crippen molar-refractivity contribution < 1.29 is 4.74 Å². The number of hydrogen-bond acceptors (Lipinski definition) is 2. The average Bonchev–Trinajstić information content (AvgIpc) is 2.18. The van der Waals surface area contributed by atoms with Gasteiger partial charge in [0.1, 0.15) is 0 Å². The molecule has 0 aliphatic carbocycles. The Hall–Kier alpha value is -0.520. The molecule has 1 N–H and O–H groups in total. The van der Waals surface area contributed by atoms with Crippen molar-refractivity contribution in [2.75, 3.05) is 6.61 Å². The number of hydrogen-bond donors (Lipinski definition) is 1. The monoisotopic (exact) mass is 181 g/mol. The van der Waals surface area contributed by atoms with Crippen molar-refractivity contribution in [3.05, 3.63) is 0 Å². The fourth-order valence-electron chi connectivity index (χ4n) is 1.72. The topological polar surface area (TPSA) is 21.3 Å². The van der Waals surface area contributed by atoms with Gasteiger partial charge >= 0.3 is 0 Å². The van der Waals surface area contributed by atoms with Crippen molar-refractivity contribution >= 4 is 0 Å². The number of nitrogens with one attached hydrogen (secondary N) is 1. The van der Waals surface area contributed by atoms with Crippen LogP contribution in [0.3, 0.4) is 0 Å². The molecule has 1 heterocycles. The summed E-state index contributed by atoms with van der Waals surface area (Å²) in [5.74, 6) is 2.69. The van der Waals surface area contributed by atoms with E-state index in [0.717, 1.165) is 25.9 Å². The zero-order valence-corrected chi connectivity index (χ0v) is 8.55. The van der Waals surface area contributed by atoms with E-state index in [9.17, 15) is 0 Å². The summed E-state index contributed by atoms with van der Waals surface area (Å²) < 4.78 is 5.58. The lowest BCUT2D eigenvalue weighted by Gasteiger charge is -2.30. The number of terminal acetylenes is 1. The Morgan fingerprint density at radius 2 is 2.46 bits per heavy atom. The zero-order chi connectivity index (χ0) is 9.68. The van der Waals surface area contributed by atoms with Crippen LogP contribution in [0.5, 0.6) is 0 Å². The zero-order valence-electron chi connectivity index (χ0n) is 8.55. The molecule has 13 heavy (non-hydrogen) atoms. The Morgan fingerprint density at radius 3 is 3.08 bits per heavy atom. The van der Waals surface area contributed by atoms with E-state index in [1.165, 1.54) is 0 Å². The van der Waals surface area contributed by atoms with Crippen LogP contribution in [-0.4, -0.2) is 24.8 Å². The molecular formula is C11H19NO. The van der Waals surface area contributed by atoms with Crippen molar-refractivity contribution in [2.45, 2.75) is 51.3 Å². The second kappa shape index (κ2) is 5.26. The van der Waals surface area contributed by atoms with Crippen molar-refractivity contribution in [3.8, 4) is 12.3 Å². The van der Waals surface area contributed by atoms with Gasteiger partial charge in [0.05, 0.1) is 12.1 Å². The summed E-state index contributed by atoms with van der Waals surface area (Å²) in [5, 5.41) is 3.42. The van der Waals surface area contributed by atoms with Crippen molar-refractivity contribution in [1.29, 1.82) is 0 Å². The van der Waals surface area contributed by atoms with E-state index in [-0.39, 0.29) is 6.04 Å². The predicted molar refractivity (Wildman–Crippen MR) is 54.5 cm³/mol. The predicted octanol–water partition coefficient (Wildman–Crippen LogP) is 1.56. The first kappa shape index (κ1) is 10.6. The molecule has 1 saturated heterocycles. The minimum Gasteiger partial charge on any atom is -0.378 e. The van der Waals surface area contributed by atoms with Crippen LogP contribution in [0.2, 0.25) is 0 Å². The minimum atomic E-state index is 0.181. The smallest absolute Gasteiger partial charge is 0.0660 e. The maximum atomic E-state index is 5.58. The third-order valence-corrected chi connectivity index (χ3v) is 2.56. The van der Waals surface area contributed by atoms with Gasteiger partial charge in [-0.1, -0.05) is 12.8 Å². The second-order valence-corrected chi connectivity index (χ2v) is 3.68. The van der Waals surface area contributed by atoms with Crippen molar-refractivity contribution in [3.63, 3.8) is 0 Å². The molecule has 2 nitrogen and oxygen atoms in total. The first-order valence-electron chi connectivity index (χ1n) is 5.10. The van der Waals surface area contributed by atoms with E-state index < -0.39 is 0 Å². The third-order valence-electron chi connectivity index (χ3n) is 2.56. The molecule has 0 bridgehead atoms. The van der Waals surface area contributed by atoms with Crippen LogP contribution in [-0.2, 0) is 4.74 Å². The van der Waals surface area contributed by atoms with Crippen LogP contribution in [0.1, 0.15) is 33.1 Å². The van der Waals surface area contributed by atoms with Crippen LogP contribution in [0.25, 0.3) is 0 Å². The van der Waals surface area contributed by atoms with Gasteiger partial charge in [0.2, 0.25) is 0 Å². The van der Waals surface area contributed by atoms with Gasteiger partial charge in [0.15, 0.2) is 0 Å². The molecule has 0 aromatic rings. The highest BCUT2D eigenvalue weighted by Crippen LogP contribution is 2.16. The largest absolute Gasteiger partial charge is 0.378 e. The van der Waals surface area contributed by atoms with Gasteiger partial charge in [-0.3, -0.25) is 0 Å². The second-order valence-electron chi connectivity index (χ2n) is 3.68. The van der Waals surface area contributed by atoms with E-state index in [0.29, 0.717) is 12.1 Å². The van der Waals surface area contributed by atoms with Crippen LogP contribution < -0.4 is 5.32 Å². The van der Waals surface area contributed by atoms with Gasteiger partial charge in [-0.2, -0.15) is 0 Å². The number of rotatable bonds is 3. The van der Waals surface area contributed by atoms with Gasteiger partial charge in [-0.25, -0.2) is 0 Å². The fourth-order valence-corrected chi connectivity index (χ4v) is 1.72. The standard InChI is InChI=1S/C11H19NO/c1-4-9(3)12-10-6-7-13-11(5-2)8-10/h1,9-12H,5-8H2,2-3H3. The van der Waals surface area contributed by atoms with Crippen LogP contribution >= 0.6 is 0 Å². The molecule has 1 aliphatic rings. The van der Waals surface area contributed by atoms with E-state index in [2.05, 4.69) is 18.2 Å². The van der Waals surface area contributed by atoms with Gasteiger partial charge < -0.3 is 10.1 Å². The molecule has 0 amide bonds. The molecule has 2 heteroatoms. The molecule has 0 saturated carbocycles. The molecule has 1 fully saturated rings. The van der Waals surface area contributed by atoms with Gasteiger partial charge in [-0.05, 0) is 26.2 Å². The quantitative estimate of drug-likeness (QED) is 0.667. The first-order valence-corrected chi connectivity index (χ1v) is 5.10. The molecule has 0 radical (unpaired) electrons. The molecule has 0 aromatic heterocycles. The summed E-state index contributed by atoms with van der Waals surface area (Å²) in [5.41, 5.74) is 0. The number of ether oxygens (including phenoxy) is 1. The molecule has 0 aromatic carbocycles. The highest BCUT2D eigenvalue weighted by Gasteiger charge is 2.21. The molecule has 0 spiro atoms. The summed E-state index contributed by atoms with van der Waals surface area (Å²) in [6, 6.07) is 0.727. The maximum Gasteiger partial charge on any atom is 0.0660 e. The lowest BCUT2D eigenvalue weighted by molar-refractivity contribution is -0.000658. The third kappa shape index (κ3) is 3.38. The molecule has 1 aliphatic heterocycles. The molecule has 1 rings (SSSR count). The fraction of sp³-hybridized carbons (Fsp3) is 0.818. The summed E-state index contributed by atoms with van der Waals surface area (Å²) in [6.45, 7) is 5.06.